The van der Waals surface area contributed by atoms with Crippen LogP contribution in [-0.2, 0) is 0 Å². The summed E-state index contributed by atoms with van der Waals surface area (Å²) in [4.78, 5) is 23.1. The summed E-state index contributed by atoms with van der Waals surface area (Å²) in [6.45, 7) is 1.39. The third kappa shape index (κ3) is 5.16. The Labute approximate surface area is 143 Å². The molecule has 0 unspecified atom stereocenters. The van der Waals surface area contributed by atoms with Crippen LogP contribution in [0.15, 0.2) is 42.5 Å². The van der Waals surface area contributed by atoms with Crippen molar-refractivity contribution >= 4 is 40.7 Å². The van der Waals surface area contributed by atoms with Crippen LogP contribution in [0.2, 0.25) is 10.0 Å². The molecule has 0 spiro atoms. The number of Topliss-reactive ketones (excluding diaryl/α,β-unsaturated/α-hetero) is 1. The molecule has 7 heteroatoms. The smallest absolute Gasteiger partial charge is 0.321 e. The number of carbonyl (C=O) groups excluding carboxylic acids is 2. The lowest BCUT2D eigenvalue weighted by Crippen LogP contribution is -2.32. The van der Waals surface area contributed by atoms with E-state index >= 15 is 0 Å². The lowest BCUT2D eigenvalue weighted by molar-refractivity contribution is 0.101. The summed E-state index contributed by atoms with van der Waals surface area (Å²) in [5.41, 5.74) is 1.03. The topological polar surface area (TPSA) is 67.4 Å². The highest BCUT2D eigenvalue weighted by molar-refractivity contribution is 6.35. The number of amides is 2. The van der Waals surface area contributed by atoms with Crippen LogP contribution in [0.1, 0.15) is 17.3 Å². The van der Waals surface area contributed by atoms with Gasteiger partial charge in [-0.2, -0.15) is 0 Å². The summed E-state index contributed by atoms with van der Waals surface area (Å²) in [5.74, 6) is 0.338. The number of ether oxygens (including phenoxy) is 1. The second kappa shape index (κ2) is 7.85. The predicted molar refractivity (Wildman–Crippen MR) is 90.6 cm³/mol. The van der Waals surface area contributed by atoms with Gasteiger partial charge in [-0.05, 0) is 37.3 Å². The fraction of sp³-hybridized carbons (Fsp3) is 0.125. The van der Waals surface area contributed by atoms with E-state index in [9.17, 15) is 9.59 Å². The Bertz CT molecular complexity index is 735. The minimum atomic E-state index is -0.462. The molecule has 0 aliphatic rings. The minimum Gasteiger partial charge on any atom is -0.472 e. The van der Waals surface area contributed by atoms with E-state index in [0.29, 0.717) is 27.0 Å². The van der Waals surface area contributed by atoms with Crippen LogP contribution in [-0.4, -0.2) is 18.5 Å². The Morgan fingerprint density at radius 3 is 2.61 bits per heavy atom. The highest BCUT2D eigenvalue weighted by Crippen LogP contribution is 2.27. The Balaban J connectivity index is 1.85. The highest BCUT2D eigenvalue weighted by Gasteiger charge is 2.06. The molecular formula is C16H14Cl2N2O3. The van der Waals surface area contributed by atoms with Gasteiger partial charge >= 0.3 is 6.03 Å². The van der Waals surface area contributed by atoms with Gasteiger partial charge < -0.3 is 15.4 Å². The van der Waals surface area contributed by atoms with Crippen LogP contribution in [0, 0.1) is 0 Å². The van der Waals surface area contributed by atoms with Gasteiger partial charge in [0.05, 0.1) is 5.02 Å². The van der Waals surface area contributed by atoms with Crippen molar-refractivity contribution in [3.8, 4) is 5.75 Å². The lowest BCUT2D eigenvalue weighted by Gasteiger charge is -2.11. The first-order valence-corrected chi connectivity index (χ1v) is 7.45. The molecule has 0 aromatic heterocycles. The normalized spacial score (nSPS) is 10.0. The number of anilines is 1. The largest absolute Gasteiger partial charge is 0.472 e. The molecule has 0 saturated carbocycles. The standard InChI is InChI=1S/C16H14Cl2N2O3/c1-10(21)11-3-2-4-13(7-11)20-16(22)19-9-23-15-6-5-12(17)8-14(15)18/h2-8H,9H2,1H3,(H2,19,20,22). The van der Waals surface area contributed by atoms with Crippen LogP contribution < -0.4 is 15.4 Å². The number of hydrogen-bond acceptors (Lipinski definition) is 3. The van der Waals surface area contributed by atoms with E-state index in [-0.39, 0.29) is 12.5 Å². The molecule has 2 aromatic rings. The molecule has 5 nitrogen and oxygen atoms in total. The minimum absolute atomic E-state index is 0.0699. The second-order valence-corrected chi connectivity index (χ2v) is 5.47. The number of benzene rings is 2. The first-order chi connectivity index (χ1) is 11.0. The summed E-state index contributed by atoms with van der Waals surface area (Å²) in [5, 5.41) is 5.99. The van der Waals surface area contributed by atoms with Gasteiger partial charge in [-0.1, -0.05) is 35.3 Å². The number of nitrogens with one attached hydrogen (secondary N) is 2. The third-order valence-electron chi connectivity index (χ3n) is 2.88. The van der Waals surface area contributed by atoms with E-state index in [1.807, 2.05) is 0 Å². The fourth-order valence-electron chi connectivity index (χ4n) is 1.76. The van der Waals surface area contributed by atoms with E-state index in [0.717, 1.165) is 0 Å². The molecule has 2 aromatic carbocycles. The van der Waals surface area contributed by atoms with Crippen molar-refractivity contribution in [1.82, 2.24) is 5.32 Å². The van der Waals surface area contributed by atoms with E-state index in [1.54, 1.807) is 42.5 Å². The molecule has 0 fully saturated rings. The van der Waals surface area contributed by atoms with Crippen LogP contribution in [0.4, 0.5) is 10.5 Å². The average molecular weight is 353 g/mol. The van der Waals surface area contributed by atoms with E-state index < -0.39 is 6.03 Å². The molecule has 0 heterocycles. The molecule has 0 aliphatic heterocycles. The fourth-order valence-corrected chi connectivity index (χ4v) is 2.23. The second-order valence-electron chi connectivity index (χ2n) is 4.63. The first kappa shape index (κ1) is 17.1. The van der Waals surface area contributed by atoms with Crippen molar-refractivity contribution in [3.63, 3.8) is 0 Å². The van der Waals surface area contributed by atoms with Gasteiger partial charge in [-0.15, -0.1) is 0 Å². The van der Waals surface area contributed by atoms with Gasteiger partial charge in [0.15, 0.2) is 12.5 Å². The van der Waals surface area contributed by atoms with Gasteiger partial charge in [-0.25, -0.2) is 4.79 Å². The molecular weight excluding hydrogens is 339 g/mol. The number of urea groups is 1. The summed E-state index contributed by atoms with van der Waals surface area (Å²) in [6.07, 6.45) is 0. The third-order valence-corrected chi connectivity index (χ3v) is 3.41. The molecule has 2 N–H and O–H groups in total. The van der Waals surface area contributed by atoms with Crippen molar-refractivity contribution < 1.29 is 14.3 Å². The first-order valence-electron chi connectivity index (χ1n) is 6.69. The molecule has 0 atom stereocenters. The van der Waals surface area contributed by atoms with E-state index in [2.05, 4.69) is 10.6 Å². The maximum Gasteiger partial charge on any atom is 0.321 e. The van der Waals surface area contributed by atoms with Gasteiger partial charge in [-0.3, -0.25) is 4.79 Å². The van der Waals surface area contributed by atoms with Crippen molar-refractivity contribution in [2.24, 2.45) is 0 Å². The number of halogens is 2. The average Bonchev–Trinajstić information content (AvgIpc) is 2.49. The molecule has 2 amide bonds. The summed E-state index contributed by atoms with van der Waals surface area (Å²) >= 11 is 11.7. The molecule has 120 valence electrons. The van der Waals surface area contributed by atoms with E-state index in [4.69, 9.17) is 27.9 Å². The maximum atomic E-state index is 11.8. The zero-order valence-corrected chi connectivity index (χ0v) is 13.7. The number of rotatable bonds is 5. The Morgan fingerprint density at radius 2 is 1.91 bits per heavy atom. The van der Waals surface area contributed by atoms with E-state index in [1.165, 1.54) is 6.92 Å². The Morgan fingerprint density at radius 1 is 1.13 bits per heavy atom. The van der Waals surface area contributed by atoms with Gasteiger partial charge in [0, 0.05) is 16.3 Å². The molecule has 0 aliphatic carbocycles. The van der Waals surface area contributed by atoms with Crippen molar-refractivity contribution in [3.05, 3.63) is 58.1 Å². The summed E-state index contributed by atoms with van der Waals surface area (Å²) in [6, 6.07) is 11.0. The van der Waals surface area contributed by atoms with Gasteiger partial charge in [0.2, 0.25) is 0 Å². The van der Waals surface area contributed by atoms with Crippen LogP contribution in [0.3, 0.4) is 0 Å². The van der Waals surface area contributed by atoms with Crippen molar-refractivity contribution in [2.75, 3.05) is 12.0 Å². The zero-order chi connectivity index (χ0) is 16.8. The van der Waals surface area contributed by atoms with Crippen molar-refractivity contribution in [2.45, 2.75) is 6.92 Å². The van der Waals surface area contributed by atoms with Gasteiger partial charge in [0.1, 0.15) is 5.75 Å². The van der Waals surface area contributed by atoms with Crippen molar-refractivity contribution in [1.29, 1.82) is 0 Å². The Kier molecular flexibility index (Phi) is 5.84. The number of ketones is 1. The monoisotopic (exact) mass is 352 g/mol. The number of hydrogen-bond donors (Lipinski definition) is 2. The van der Waals surface area contributed by atoms with Crippen LogP contribution >= 0.6 is 23.2 Å². The molecule has 0 bridgehead atoms. The number of carbonyl (C=O) groups is 2. The maximum absolute atomic E-state index is 11.8. The quantitative estimate of drug-likeness (QED) is 0.620. The summed E-state index contributed by atoms with van der Waals surface area (Å²) in [7, 11) is 0. The highest BCUT2D eigenvalue weighted by atomic mass is 35.5. The lowest BCUT2D eigenvalue weighted by atomic mass is 10.1. The molecule has 23 heavy (non-hydrogen) atoms. The SMILES string of the molecule is CC(=O)c1cccc(NC(=O)NCOc2ccc(Cl)cc2Cl)c1. The van der Waals surface area contributed by atoms with Crippen LogP contribution in [0.5, 0.6) is 5.75 Å². The molecule has 2 rings (SSSR count). The zero-order valence-electron chi connectivity index (χ0n) is 12.2. The van der Waals surface area contributed by atoms with Crippen LogP contribution in [0.25, 0.3) is 0 Å². The Hall–Kier alpha value is -2.24. The van der Waals surface area contributed by atoms with Gasteiger partial charge in [0.25, 0.3) is 0 Å². The molecule has 0 radical (unpaired) electrons. The summed E-state index contributed by atoms with van der Waals surface area (Å²) < 4.78 is 5.35. The molecule has 0 saturated heterocycles. The predicted octanol–water partition coefficient (Wildman–Crippen LogP) is 4.35.